The van der Waals surface area contributed by atoms with E-state index in [1.807, 2.05) is 42.2 Å². The molecule has 0 saturated carbocycles. The van der Waals surface area contributed by atoms with Crippen molar-refractivity contribution < 1.29 is 4.79 Å². The standard InChI is InChI=1S/C15H18ClNO/c1-11-9-15(3,10-16)17(12(2)18)14(11)13-7-5-4-6-8-13/h4-8H,9-10H2,1-3H3. The number of hydrogen-bond acceptors (Lipinski definition) is 1. The van der Waals surface area contributed by atoms with E-state index in [9.17, 15) is 4.79 Å². The number of amides is 1. The van der Waals surface area contributed by atoms with Crippen molar-refractivity contribution in [2.75, 3.05) is 5.88 Å². The summed E-state index contributed by atoms with van der Waals surface area (Å²) in [4.78, 5) is 13.8. The molecule has 18 heavy (non-hydrogen) atoms. The maximum absolute atomic E-state index is 12.0. The first kappa shape index (κ1) is 13.2. The zero-order valence-electron chi connectivity index (χ0n) is 11.0. The number of nitrogens with zero attached hydrogens (tertiary/aromatic N) is 1. The van der Waals surface area contributed by atoms with Crippen LogP contribution in [0.15, 0.2) is 35.9 Å². The molecule has 1 unspecified atom stereocenters. The van der Waals surface area contributed by atoms with E-state index in [1.165, 1.54) is 5.57 Å². The third-order valence-electron chi connectivity index (χ3n) is 3.46. The van der Waals surface area contributed by atoms with Crippen LogP contribution < -0.4 is 0 Å². The van der Waals surface area contributed by atoms with Crippen LogP contribution in [0.2, 0.25) is 0 Å². The van der Waals surface area contributed by atoms with Crippen LogP contribution in [-0.2, 0) is 4.79 Å². The molecule has 1 atom stereocenters. The number of hydrogen-bond donors (Lipinski definition) is 0. The zero-order chi connectivity index (χ0) is 13.3. The average Bonchev–Trinajstić information content (AvgIpc) is 2.62. The Morgan fingerprint density at radius 1 is 1.39 bits per heavy atom. The van der Waals surface area contributed by atoms with E-state index in [0.717, 1.165) is 17.7 Å². The van der Waals surface area contributed by atoms with Crippen molar-refractivity contribution in [1.29, 1.82) is 0 Å². The van der Waals surface area contributed by atoms with E-state index in [0.29, 0.717) is 5.88 Å². The van der Waals surface area contributed by atoms with Crippen LogP contribution >= 0.6 is 11.6 Å². The topological polar surface area (TPSA) is 20.3 Å². The molecule has 0 radical (unpaired) electrons. The van der Waals surface area contributed by atoms with Crippen LogP contribution in [-0.4, -0.2) is 22.2 Å². The minimum atomic E-state index is -0.303. The highest BCUT2D eigenvalue weighted by molar-refractivity contribution is 6.19. The van der Waals surface area contributed by atoms with Gasteiger partial charge in [0.25, 0.3) is 0 Å². The monoisotopic (exact) mass is 263 g/mol. The van der Waals surface area contributed by atoms with E-state index in [4.69, 9.17) is 11.6 Å². The Bertz CT molecular complexity index is 494. The van der Waals surface area contributed by atoms with Crippen LogP contribution in [0.4, 0.5) is 0 Å². The van der Waals surface area contributed by atoms with Crippen LogP contribution in [0.1, 0.15) is 32.8 Å². The number of benzene rings is 1. The molecule has 3 heteroatoms. The van der Waals surface area contributed by atoms with E-state index >= 15 is 0 Å². The molecule has 2 nitrogen and oxygen atoms in total. The number of carbonyl (C=O) groups is 1. The zero-order valence-corrected chi connectivity index (χ0v) is 11.8. The predicted molar refractivity (Wildman–Crippen MR) is 75.3 cm³/mol. The molecular formula is C15H18ClNO. The summed E-state index contributed by atoms with van der Waals surface area (Å²) in [5.74, 6) is 0.495. The molecule has 0 aliphatic carbocycles. The van der Waals surface area contributed by atoms with Gasteiger partial charge in [0.1, 0.15) is 0 Å². The van der Waals surface area contributed by atoms with Crippen molar-refractivity contribution in [2.45, 2.75) is 32.7 Å². The predicted octanol–water partition coefficient (Wildman–Crippen LogP) is 3.67. The van der Waals surface area contributed by atoms with Gasteiger partial charge < -0.3 is 4.90 Å². The van der Waals surface area contributed by atoms with Crippen molar-refractivity contribution in [3.05, 3.63) is 41.5 Å². The molecule has 0 aromatic heterocycles. The Morgan fingerprint density at radius 3 is 2.50 bits per heavy atom. The summed E-state index contributed by atoms with van der Waals surface area (Å²) in [5, 5.41) is 0. The minimum absolute atomic E-state index is 0.0499. The van der Waals surface area contributed by atoms with Crippen molar-refractivity contribution >= 4 is 23.2 Å². The molecule has 1 aromatic rings. The van der Waals surface area contributed by atoms with Gasteiger partial charge in [-0.15, -0.1) is 11.6 Å². The lowest BCUT2D eigenvalue weighted by Gasteiger charge is -2.35. The van der Waals surface area contributed by atoms with Gasteiger partial charge in [0, 0.05) is 12.8 Å². The molecule has 1 amide bonds. The number of carbonyl (C=O) groups excluding carboxylic acids is 1. The van der Waals surface area contributed by atoms with Gasteiger partial charge in [0.2, 0.25) is 5.91 Å². The summed E-state index contributed by atoms with van der Waals surface area (Å²) in [6, 6.07) is 10.0. The van der Waals surface area contributed by atoms with Crippen molar-refractivity contribution in [1.82, 2.24) is 4.90 Å². The van der Waals surface area contributed by atoms with E-state index in [-0.39, 0.29) is 11.4 Å². The van der Waals surface area contributed by atoms with Crippen LogP contribution in [0.5, 0.6) is 0 Å². The summed E-state index contributed by atoms with van der Waals surface area (Å²) in [5.41, 5.74) is 3.02. The third-order valence-corrected chi connectivity index (χ3v) is 4.04. The van der Waals surface area contributed by atoms with Gasteiger partial charge in [-0.2, -0.15) is 0 Å². The van der Waals surface area contributed by atoms with Crippen LogP contribution in [0.3, 0.4) is 0 Å². The quantitative estimate of drug-likeness (QED) is 0.746. The Labute approximate surface area is 113 Å². The van der Waals surface area contributed by atoms with Crippen LogP contribution in [0.25, 0.3) is 5.70 Å². The Balaban J connectivity index is 2.51. The molecule has 1 aromatic carbocycles. The Morgan fingerprint density at radius 2 is 2.00 bits per heavy atom. The number of rotatable bonds is 2. The van der Waals surface area contributed by atoms with Gasteiger partial charge >= 0.3 is 0 Å². The molecule has 0 spiro atoms. The first-order valence-corrected chi connectivity index (χ1v) is 6.65. The highest BCUT2D eigenvalue weighted by Crippen LogP contribution is 2.42. The molecular weight excluding hydrogens is 246 g/mol. The first-order chi connectivity index (χ1) is 8.49. The largest absolute Gasteiger partial charge is 0.305 e. The molecule has 0 fully saturated rings. The maximum Gasteiger partial charge on any atom is 0.224 e. The van der Waals surface area contributed by atoms with E-state index < -0.39 is 0 Å². The van der Waals surface area contributed by atoms with Gasteiger partial charge in [-0.3, -0.25) is 4.79 Å². The third kappa shape index (κ3) is 2.05. The maximum atomic E-state index is 12.0. The fourth-order valence-corrected chi connectivity index (χ4v) is 3.02. The lowest BCUT2D eigenvalue weighted by atomic mass is 9.99. The highest BCUT2D eigenvalue weighted by atomic mass is 35.5. The minimum Gasteiger partial charge on any atom is -0.305 e. The SMILES string of the molecule is CC(=O)N1C(c2ccccc2)=C(C)CC1(C)CCl. The van der Waals surface area contributed by atoms with Crippen LogP contribution in [0, 0.1) is 0 Å². The lowest BCUT2D eigenvalue weighted by molar-refractivity contribution is -0.128. The fraction of sp³-hybridized carbons (Fsp3) is 0.400. The molecule has 1 aliphatic rings. The lowest BCUT2D eigenvalue weighted by Crippen LogP contribution is -2.45. The van der Waals surface area contributed by atoms with Gasteiger partial charge in [-0.25, -0.2) is 0 Å². The van der Waals surface area contributed by atoms with Crippen molar-refractivity contribution in [3.63, 3.8) is 0 Å². The molecule has 0 saturated heterocycles. The van der Waals surface area contributed by atoms with Crippen molar-refractivity contribution in [3.8, 4) is 0 Å². The van der Waals surface area contributed by atoms with E-state index in [1.54, 1.807) is 6.92 Å². The molecule has 0 bridgehead atoms. The summed E-state index contributed by atoms with van der Waals surface area (Å²) >= 11 is 6.09. The Hall–Kier alpha value is -1.28. The normalized spacial score (nSPS) is 23.7. The summed E-state index contributed by atoms with van der Waals surface area (Å²) in [7, 11) is 0. The second-order valence-electron chi connectivity index (χ2n) is 5.16. The van der Waals surface area contributed by atoms with Gasteiger partial charge in [-0.1, -0.05) is 30.3 Å². The average molecular weight is 264 g/mol. The summed E-state index contributed by atoms with van der Waals surface area (Å²) < 4.78 is 0. The second-order valence-corrected chi connectivity index (χ2v) is 5.42. The molecule has 1 heterocycles. The molecule has 0 N–H and O–H groups in total. The van der Waals surface area contributed by atoms with E-state index in [2.05, 4.69) is 6.92 Å². The van der Waals surface area contributed by atoms with Crippen molar-refractivity contribution in [2.24, 2.45) is 0 Å². The van der Waals surface area contributed by atoms with Gasteiger partial charge in [-0.05, 0) is 31.4 Å². The summed E-state index contributed by atoms with van der Waals surface area (Å²) in [6.45, 7) is 5.73. The number of halogens is 1. The smallest absolute Gasteiger partial charge is 0.224 e. The molecule has 2 rings (SSSR count). The van der Waals surface area contributed by atoms with Gasteiger partial charge in [0.15, 0.2) is 0 Å². The first-order valence-electron chi connectivity index (χ1n) is 6.11. The second kappa shape index (κ2) is 4.77. The fourth-order valence-electron chi connectivity index (χ4n) is 2.81. The van der Waals surface area contributed by atoms with Gasteiger partial charge in [0.05, 0.1) is 11.2 Å². The molecule has 1 aliphatic heterocycles. The molecule has 96 valence electrons. The summed E-state index contributed by atoms with van der Waals surface area (Å²) in [6.07, 6.45) is 0.834. The number of alkyl halides is 1. The Kier molecular flexibility index (Phi) is 3.49. The highest BCUT2D eigenvalue weighted by Gasteiger charge is 2.42.